The van der Waals surface area contributed by atoms with Crippen LogP contribution in [0.1, 0.15) is 30.0 Å². The van der Waals surface area contributed by atoms with Gasteiger partial charge in [-0.05, 0) is 12.8 Å². The van der Waals surface area contributed by atoms with Crippen molar-refractivity contribution in [2.45, 2.75) is 25.2 Å². The number of aliphatic carboxylic acids is 1. The molecule has 0 aliphatic heterocycles. The molecule has 0 saturated heterocycles. The molecule has 1 aliphatic carbocycles. The number of hydrogen-bond acceptors (Lipinski definition) is 3. The molecule has 88 valence electrons. The van der Waals surface area contributed by atoms with Crippen LogP contribution in [0.3, 0.4) is 0 Å². The van der Waals surface area contributed by atoms with Gasteiger partial charge in [-0.25, -0.2) is 0 Å². The number of H-pyrrole nitrogens is 1. The van der Waals surface area contributed by atoms with E-state index in [9.17, 15) is 9.59 Å². The maximum atomic E-state index is 11.9. The highest BCUT2D eigenvalue weighted by molar-refractivity contribution is 5.70. The maximum Gasteiger partial charge on any atom is 0.308 e. The normalized spacial score (nSPS) is 15.3. The van der Waals surface area contributed by atoms with Gasteiger partial charge in [-0.2, -0.15) is 9.61 Å². The highest BCUT2D eigenvalue weighted by Gasteiger charge is 2.26. The number of aromatic nitrogens is 3. The van der Waals surface area contributed by atoms with Gasteiger partial charge in [0.2, 0.25) is 0 Å². The fourth-order valence-corrected chi connectivity index (χ4v) is 1.88. The summed E-state index contributed by atoms with van der Waals surface area (Å²) in [6, 6.07) is 1.85. The minimum absolute atomic E-state index is 0.218. The lowest BCUT2D eigenvalue weighted by Gasteiger charge is -1.97. The van der Waals surface area contributed by atoms with Crippen molar-refractivity contribution < 1.29 is 9.90 Å². The summed E-state index contributed by atoms with van der Waals surface area (Å²) in [4.78, 5) is 25.4. The predicted octanol–water partition coefficient (Wildman–Crippen LogP) is 0.527. The first kappa shape index (κ1) is 10.1. The zero-order valence-corrected chi connectivity index (χ0v) is 9.01. The molecule has 3 rings (SSSR count). The summed E-state index contributed by atoms with van der Waals surface area (Å²) in [6.45, 7) is 0. The fourth-order valence-electron chi connectivity index (χ4n) is 1.88. The van der Waals surface area contributed by atoms with Crippen molar-refractivity contribution in [1.82, 2.24) is 14.6 Å². The molecule has 0 radical (unpaired) electrons. The number of fused-ring (bicyclic) bond motifs is 1. The van der Waals surface area contributed by atoms with Crippen molar-refractivity contribution in [2.75, 3.05) is 0 Å². The Morgan fingerprint density at radius 1 is 1.59 bits per heavy atom. The molecule has 0 amide bonds. The molecular weight excluding hydrogens is 222 g/mol. The van der Waals surface area contributed by atoms with E-state index in [4.69, 9.17) is 5.11 Å². The van der Waals surface area contributed by atoms with E-state index in [0.29, 0.717) is 11.6 Å². The second kappa shape index (κ2) is 3.44. The second-order valence-electron chi connectivity index (χ2n) is 4.33. The molecule has 0 atom stereocenters. The molecular formula is C11H11N3O3. The van der Waals surface area contributed by atoms with E-state index in [-0.39, 0.29) is 17.5 Å². The lowest BCUT2D eigenvalue weighted by molar-refractivity contribution is -0.136. The smallest absolute Gasteiger partial charge is 0.308 e. The molecule has 2 heterocycles. The summed E-state index contributed by atoms with van der Waals surface area (Å²) in [5, 5.41) is 12.9. The SMILES string of the molecule is O=C(O)Cc1c[nH]c2cc(C3CC3)nn2c1=O. The van der Waals surface area contributed by atoms with Gasteiger partial charge in [0.15, 0.2) is 0 Å². The van der Waals surface area contributed by atoms with Gasteiger partial charge in [-0.3, -0.25) is 9.59 Å². The van der Waals surface area contributed by atoms with E-state index in [1.165, 1.54) is 10.7 Å². The molecule has 0 unspecified atom stereocenters. The number of carboxylic acid groups (broad SMARTS) is 1. The molecule has 6 nitrogen and oxygen atoms in total. The molecule has 1 saturated carbocycles. The van der Waals surface area contributed by atoms with E-state index in [0.717, 1.165) is 18.5 Å². The van der Waals surface area contributed by atoms with Crippen LogP contribution >= 0.6 is 0 Å². The van der Waals surface area contributed by atoms with E-state index in [1.54, 1.807) is 0 Å². The molecule has 0 aromatic carbocycles. The van der Waals surface area contributed by atoms with Crippen molar-refractivity contribution in [3.05, 3.63) is 33.9 Å². The Hall–Kier alpha value is -2.11. The van der Waals surface area contributed by atoms with Crippen LogP contribution in [0.25, 0.3) is 5.65 Å². The second-order valence-corrected chi connectivity index (χ2v) is 4.33. The number of aromatic amines is 1. The zero-order valence-electron chi connectivity index (χ0n) is 9.01. The maximum absolute atomic E-state index is 11.9. The minimum atomic E-state index is -1.02. The number of nitrogens with zero attached hydrogens (tertiary/aromatic N) is 2. The summed E-state index contributed by atoms with van der Waals surface area (Å²) in [5.74, 6) is -0.560. The third kappa shape index (κ3) is 1.71. The van der Waals surface area contributed by atoms with Gasteiger partial charge in [0.05, 0.1) is 12.1 Å². The number of nitrogens with one attached hydrogen (secondary N) is 1. The zero-order chi connectivity index (χ0) is 12.0. The molecule has 2 aromatic heterocycles. The standard InChI is InChI=1S/C11H11N3O3/c15-10(16)3-7-5-12-9-4-8(6-1-2-6)13-14(9)11(7)17/h4-6,12H,1-3H2,(H,15,16). The molecule has 0 bridgehead atoms. The van der Waals surface area contributed by atoms with Crippen LogP contribution in [0.5, 0.6) is 0 Å². The van der Waals surface area contributed by atoms with E-state index >= 15 is 0 Å². The van der Waals surface area contributed by atoms with Crippen LogP contribution in [0.15, 0.2) is 17.1 Å². The number of rotatable bonds is 3. The van der Waals surface area contributed by atoms with Crippen LogP contribution in [-0.2, 0) is 11.2 Å². The topological polar surface area (TPSA) is 87.5 Å². The Kier molecular flexibility index (Phi) is 2.04. The summed E-state index contributed by atoms with van der Waals surface area (Å²) in [5.41, 5.74) is 1.39. The largest absolute Gasteiger partial charge is 0.481 e. The Balaban J connectivity index is 2.12. The summed E-state index contributed by atoms with van der Waals surface area (Å²) >= 11 is 0. The van der Waals surface area contributed by atoms with Gasteiger partial charge < -0.3 is 10.1 Å². The summed E-state index contributed by atoms with van der Waals surface area (Å²) in [6.07, 6.45) is 3.38. The van der Waals surface area contributed by atoms with Crippen LogP contribution in [-0.4, -0.2) is 25.7 Å². The molecule has 1 fully saturated rings. The monoisotopic (exact) mass is 233 g/mol. The van der Waals surface area contributed by atoms with E-state index < -0.39 is 5.97 Å². The van der Waals surface area contributed by atoms with Gasteiger partial charge in [0, 0.05) is 23.7 Å². The van der Waals surface area contributed by atoms with Crippen molar-refractivity contribution in [1.29, 1.82) is 0 Å². The molecule has 2 N–H and O–H groups in total. The van der Waals surface area contributed by atoms with Crippen LogP contribution in [0.4, 0.5) is 0 Å². The minimum Gasteiger partial charge on any atom is -0.481 e. The first-order valence-corrected chi connectivity index (χ1v) is 5.47. The molecule has 17 heavy (non-hydrogen) atoms. The number of carboxylic acids is 1. The summed E-state index contributed by atoms with van der Waals surface area (Å²) in [7, 11) is 0. The van der Waals surface area contributed by atoms with Gasteiger partial charge in [-0.15, -0.1) is 0 Å². The van der Waals surface area contributed by atoms with Gasteiger partial charge in [0.1, 0.15) is 5.65 Å². The third-order valence-electron chi connectivity index (χ3n) is 2.93. The lowest BCUT2D eigenvalue weighted by Crippen LogP contribution is -2.21. The van der Waals surface area contributed by atoms with E-state index in [1.807, 2.05) is 6.07 Å². The molecule has 0 spiro atoms. The van der Waals surface area contributed by atoms with Crippen LogP contribution in [0, 0.1) is 0 Å². The fraction of sp³-hybridized carbons (Fsp3) is 0.364. The number of carbonyl (C=O) groups is 1. The van der Waals surface area contributed by atoms with Crippen LogP contribution < -0.4 is 5.56 Å². The van der Waals surface area contributed by atoms with Gasteiger partial charge in [0.25, 0.3) is 5.56 Å². The molecule has 2 aromatic rings. The third-order valence-corrected chi connectivity index (χ3v) is 2.93. The summed E-state index contributed by atoms with van der Waals surface area (Å²) < 4.78 is 1.26. The van der Waals surface area contributed by atoms with Crippen molar-refractivity contribution >= 4 is 11.6 Å². The van der Waals surface area contributed by atoms with Gasteiger partial charge >= 0.3 is 5.97 Å². The lowest BCUT2D eigenvalue weighted by atomic mass is 10.2. The Morgan fingerprint density at radius 3 is 3.00 bits per heavy atom. The first-order valence-electron chi connectivity index (χ1n) is 5.47. The Morgan fingerprint density at radius 2 is 2.35 bits per heavy atom. The van der Waals surface area contributed by atoms with Crippen molar-refractivity contribution in [3.63, 3.8) is 0 Å². The van der Waals surface area contributed by atoms with Crippen molar-refractivity contribution in [2.24, 2.45) is 0 Å². The Bertz CT molecular complexity index is 652. The van der Waals surface area contributed by atoms with E-state index in [2.05, 4.69) is 10.1 Å². The average Bonchev–Trinajstić information content (AvgIpc) is 3.02. The van der Waals surface area contributed by atoms with Gasteiger partial charge in [-0.1, -0.05) is 0 Å². The Labute approximate surface area is 95.9 Å². The quantitative estimate of drug-likeness (QED) is 0.809. The van der Waals surface area contributed by atoms with Crippen LogP contribution in [0.2, 0.25) is 0 Å². The highest BCUT2D eigenvalue weighted by atomic mass is 16.4. The number of hydrogen-bond donors (Lipinski definition) is 2. The average molecular weight is 233 g/mol. The molecule has 6 heteroatoms. The highest BCUT2D eigenvalue weighted by Crippen LogP contribution is 2.39. The van der Waals surface area contributed by atoms with Crippen molar-refractivity contribution in [3.8, 4) is 0 Å². The molecule has 1 aliphatic rings. The predicted molar refractivity (Wildman–Crippen MR) is 59.1 cm³/mol. The first-order chi connectivity index (χ1) is 8.15.